The number of likely N-dealkylation sites (N-methyl/N-ethyl adjacent to an activating group) is 1. The van der Waals surface area contributed by atoms with Gasteiger partial charge >= 0.3 is 23.6 Å². The van der Waals surface area contributed by atoms with Crippen molar-refractivity contribution in [3.8, 4) is 5.75 Å². The fourth-order valence-corrected chi connectivity index (χ4v) is 11.7. The van der Waals surface area contributed by atoms with Crippen LogP contribution in [-0.4, -0.2) is 122 Å². The van der Waals surface area contributed by atoms with Gasteiger partial charge in [0, 0.05) is 73.9 Å². The van der Waals surface area contributed by atoms with Crippen LogP contribution in [0.25, 0.3) is 0 Å². The molecule has 3 heterocycles. The predicted molar refractivity (Wildman–Crippen MR) is 287 cm³/mol. The lowest BCUT2D eigenvalue weighted by Gasteiger charge is -2.39. The Hall–Kier alpha value is -5.45. The highest BCUT2D eigenvalue weighted by atomic mass is 33.1. The van der Waals surface area contributed by atoms with Gasteiger partial charge in [-0.15, -0.1) is 11.3 Å². The van der Waals surface area contributed by atoms with Crippen molar-refractivity contribution in [2.75, 3.05) is 39.2 Å². The van der Waals surface area contributed by atoms with Crippen molar-refractivity contribution < 1.29 is 57.8 Å². The second-order valence-electron chi connectivity index (χ2n) is 19.5. The molecule has 19 nitrogen and oxygen atoms in total. The standard InChI is InChI=1S/C53H74N6O13S3/c1-9-14-48(64)71-32-58(53(67)40(34(5)10-2)28-46(63)42-15-11-12-22-57(42)8)44(33(3)4)29-47(72-36(7)60)52-56-41(31-73-52)45(62)27-38(26-37-17-19-39(61)20-18-37)25-35(6)50(66)55-30-49(65)70-23-24-74-75-51-43(59(68)69)16-13-21-54-51/h13,16-21,31,33-35,38,40,42,44,47,61H,9-12,14-15,22-30,32H2,1-8H3,(H,55,66)/t34-,35-,38+,40-,42?,44+,47+/m0/s1. The number of benzene rings is 1. The Morgan fingerprint density at radius 2 is 1.73 bits per heavy atom. The molecule has 1 aliphatic rings. The van der Waals surface area contributed by atoms with Crippen LogP contribution >= 0.6 is 32.9 Å². The summed E-state index contributed by atoms with van der Waals surface area (Å²) in [7, 11) is 4.25. The molecule has 1 saturated heterocycles. The van der Waals surface area contributed by atoms with E-state index in [0.717, 1.165) is 53.5 Å². The number of aromatic hydroxyl groups is 1. The molecule has 7 atom stereocenters. The molecule has 0 aliphatic carbocycles. The van der Waals surface area contributed by atoms with Crippen LogP contribution in [0, 0.1) is 39.7 Å². The number of phenols is 1. The number of pyridine rings is 1. The minimum absolute atomic E-state index is 0.00221. The van der Waals surface area contributed by atoms with Crippen LogP contribution in [0.15, 0.2) is 53.0 Å². The maximum Gasteiger partial charge on any atom is 0.325 e. The maximum atomic E-state index is 15.0. The number of esters is 3. The molecule has 0 radical (unpaired) electrons. The number of nitrogens with zero attached hydrogens (tertiary/aromatic N) is 5. The summed E-state index contributed by atoms with van der Waals surface area (Å²) in [5.74, 6) is -4.71. The molecule has 1 aliphatic heterocycles. The average molecular weight is 1100 g/mol. The van der Waals surface area contributed by atoms with E-state index in [0.29, 0.717) is 30.0 Å². The Balaban J connectivity index is 1.49. The van der Waals surface area contributed by atoms with Gasteiger partial charge in [0.1, 0.15) is 29.6 Å². The van der Waals surface area contributed by atoms with Crippen LogP contribution in [-0.2, 0) is 49.4 Å². The maximum absolute atomic E-state index is 15.0. The average Bonchev–Trinajstić information content (AvgIpc) is 3.88. The van der Waals surface area contributed by atoms with Crippen LogP contribution in [0.2, 0.25) is 0 Å². The highest BCUT2D eigenvalue weighted by Gasteiger charge is 2.40. The third kappa shape index (κ3) is 20.2. The Bertz CT molecular complexity index is 2390. The van der Waals surface area contributed by atoms with Gasteiger partial charge in [0.15, 0.2) is 29.4 Å². The first-order valence-corrected chi connectivity index (χ1v) is 28.9. The number of Topliss-reactive ketones (excluding diaryl/α,β-unsaturated/α-hetero) is 2. The number of likely N-dealkylation sites (tertiary alicyclic amines) is 1. The minimum Gasteiger partial charge on any atom is -0.508 e. The van der Waals surface area contributed by atoms with E-state index in [2.05, 4.69) is 15.2 Å². The number of piperidine rings is 1. The van der Waals surface area contributed by atoms with Crippen molar-refractivity contribution >= 4 is 79.9 Å². The molecule has 2 aromatic heterocycles. The zero-order valence-corrected chi connectivity index (χ0v) is 46.8. The quantitative estimate of drug-likeness (QED) is 0.00864. The molecule has 1 aromatic carbocycles. The number of thiazole rings is 1. The van der Waals surface area contributed by atoms with Crippen LogP contribution < -0.4 is 5.32 Å². The van der Waals surface area contributed by atoms with E-state index in [1.807, 2.05) is 41.7 Å². The number of aromatic nitrogens is 2. The summed E-state index contributed by atoms with van der Waals surface area (Å²) < 4.78 is 16.9. The van der Waals surface area contributed by atoms with Crippen molar-refractivity contribution in [1.82, 2.24) is 25.1 Å². The molecular formula is C53H74N6O13S3. The van der Waals surface area contributed by atoms with Crippen molar-refractivity contribution in [3.63, 3.8) is 0 Å². The number of hydrogen-bond donors (Lipinski definition) is 2. The molecule has 3 aromatic rings. The number of phenolic OH excluding ortho intramolecular Hbond substituents is 1. The molecule has 1 fully saturated rings. The summed E-state index contributed by atoms with van der Waals surface area (Å²) in [5.41, 5.74) is 0.795. The van der Waals surface area contributed by atoms with E-state index in [1.54, 1.807) is 24.4 Å². The number of carbonyl (C=O) groups is 7. The number of nitrogens with one attached hydrogen (secondary N) is 1. The molecular weight excluding hydrogens is 1020 g/mol. The van der Waals surface area contributed by atoms with Gasteiger partial charge in [-0.1, -0.05) is 77.3 Å². The number of nitro groups is 1. The lowest BCUT2D eigenvalue weighted by atomic mass is 9.82. The Labute approximate surface area is 451 Å². The Morgan fingerprint density at radius 1 is 1.00 bits per heavy atom. The fourth-order valence-electron chi connectivity index (χ4n) is 8.98. The predicted octanol–water partition coefficient (Wildman–Crippen LogP) is 8.96. The summed E-state index contributed by atoms with van der Waals surface area (Å²) >= 11 is 1.12. The summed E-state index contributed by atoms with van der Waals surface area (Å²) in [5, 5.41) is 25.9. The van der Waals surface area contributed by atoms with Crippen molar-refractivity contribution in [2.45, 2.75) is 142 Å². The molecule has 0 bridgehead atoms. The smallest absolute Gasteiger partial charge is 0.325 e. The summed E-state index contributed by atoms with van der Waals surface area (Å²) in [6.07, 6.45) is 5.02. The summed E-state index contributed by atoms with van der Waals surface area (Å²) in [6, 6.07) is 8.39. The molecule has 2 amide bonds. The first-order chi connectivity index (χ1) is 35.7. The SMILES string of the molecule is CCCC(=O)OCN(C(=O)[C@@H](CC(=O)C1CCCCN1C)[C@@H](C)CC)[C@H](C[C@@H](OC(C)=O)c1nc(C(=O)C[C@@H](Cc2ccc(O)cc2)C[C@H](C)C(=O)NCC(=O)OCCSSc2ncccc2[N+](=O)[O-])cs1)C(C)C. The third-order valence-corrected chi connectivity index (χ3v) is 16.5. The molecule has 412 valence electrons. The van der Waals surface area contributed by atoms with Crippen molar-refractivity contribution in [3.05, 3.63) is 74.4 Å². The molecule has 4 rings (SSSR count). The molecule has 75 heavy (non-hydrogen) atoms. The van der Waals surface area contributed by atoms with Gasteiger partial charge in [0.25, 0.3) is 0 Å². The molecule has 0 saturated carbocycles. The van der Waals surface area contributed by atoms with Crippen LogP contribution in [0.1, 0.15) is 140 Å². The molecule has 22 heteroatoms. The number of ketones is 2. The van der Waals surface area contributed by atoms with Gasteiger partial charge < -0.3 is 29.5 Å². The Kier molecular flexibility index (Phi) is 26.1. The fraction of sp³-hybridized carbons (Fsp3) is 0.604. The van der Waals surface area contributed by atoms with E-state index in [4.69, 9.17) is 19.2 Å². The first kappa shape index (κ1) is 62.1. The number of ether oxygens (including phenoxy) is 3. The van der Waals surface area contributed by atoms with E-state index >= 15 is 0 Å². The van der Waals surface area contributed by atoms with Crippen LogP contribution in [0.5, 0.6) is 5.75 Å². The van der Waals surface area contributed by atoms with Gasteiger partial charge in [-0.3, -0.25) is 48.6 Å². The highest BCUT2D eigenvalue weighted by molar-refractivity contribution is 8.76. The van der Waals surface area contributed by atoms with Gasteiger partial charge in [0.2, 0.25) is 11.8 Å². The summed E-state index contributed by atoms with van der Waals surface area (Å²) in [4.78, 5) is 118. The van der Waals surface area contributed by atoms with Crippen LogP contribution in [0.4, 0.5) is 5.69 Å². The zero-order valence-electron chi connectivity index (χ0n) is 44.4. The minimum atomic E-state index is -1.01. The monoisotopic (exact) mass is 1100 g/mol. The van der Waals surface area contributed by atoms with E-state index in [9.17, 15) is 48.8 Å². The molecule has 0 spiro atoms. The molecule has 1 unspecified atom stereocenters. The van der Waals surface area contributed by atoms with Crippen molar-refractivity contribution in [2.24, 2.45) is 29.6 Å². The number of amides is 2. The van der Waals surface area contributed by atoms with Gasteiger partial charge in [-0.2, -0.15) is 0 Å². The number of hydrogen-bond acceptors (Lipinski definition) is 19. The van der Waals surface area contributed by atoms with E-state index in [1.165, 1.54) is 53.1 Å². The first-order valence-electron chi connectivity index (χ1n) is 25.7. The second-order valence-corrected chi connectivity index (χ2v) is 22.8. The van der Waals surface area contributed by atoms with Gasteiger partial charge in [-0.25, -0.2) is 9.97 Å². The van der Waals surface area contributed by atoms with Gasteiger partial charge in [0.05, 0.1) is 11.0 Å². The lowest BCUT2D eigenvalue weighted by Crippen LogP contribution is -2.50. The Morgan fingerprint density at radius 3 is 2.39 bits per heavy atom. The second kappa shape index (κ2) is 31.6. The summed E-state index contributed by atoms with van der Waals surface area (Å²) in [6.45, 7) is 12.6. The number of carbonyl (C=O) groups excluding carboxylic acids is 7. The van der Waals surface area contributed by atoms with E-state index < -0.39 is 65.2 Å². The normalized spacial score (nSPS) is 16.1. The van der Waals surface area contributed by atoms with E-state index in [-0.39, 0.29) is 103 Å². The van der Waals surface area contributed by atoms with Gasteiger partial charge in [-0.05, 0) is 98.0 Å². The van der Waals surface area contributed by atoms with Crippen LogP contribution in [0.3, 0.4) is 0 Å². The zero-order chi connectivity index (χ0) is 55.2. The molecule has 2 N–H and O–H groups in total. The van der Waals surface area contributed by atoms with Crippen molar-refractivity contribution in [1.29, 1.82) is 0 Å². The topological polar surface area (TPSA) is 255 Å². The third-order valence-electron chi connectivity index (χ3n) is 13.3. The number of rotatable bonds is 32. The largest absolute Gasteiger partial charge is 0.508 e. The highest BCUT2D eigenvalue weighted by Crippen LogP contribution is 2.36. The lowest BCUT2D eigenvalue weighted by molar-refractivity contribution is -0.388.